The normalized spacial score (nSPS) is 11.5. The molecule has 0 amide bonds. The van der Waals surface area contributed by atoms with Crippen molar-refractivity contribution >= 4 is 5.96 Å². The summed E-state index contributed by atoms with van der Waals surface area (Å²) in [6, 6.07) is 9.58. The van der Waals surface area contributed by atoms with Gasteiger partial charge in [-0.05, 0) is 31.2 Å². The molecule has 8 heteroatoms. The van der Waals surface area contributed by atoms with E-state index in [9.17, 15) is 0 Å². The summed E-state index contributed by atoms with van der Waals surface area (Å²) < 4.78 is 5.29. The van der Waals surface area contributed by atoms with E-state index in [2.05, 4.69) is 35.8 Å². The summed E-state index contributed by atoms with van der Waals surface area (Å²) in [5, 5.41) is 13.6. The number of guanidine groups is 1. The maximum absolute atomic E-state index is 5.29. The van der Waals surface area contributed by atoms with Gasteiger partial charge in [0.25, 0.3) is 0 Å². The highest BCUT2D eigenvalue weighted by Gasteiger charge is 2.07. The van der Waals surface area contributed by atoms with Crippen LogP contribution in [-0.2, 0) is 12.8 Å². The average Bonchev–Trinajstić information content (AvgIpc) is 3.34. The minimum Gasteiger partial charge on any atom is -0.461 e. The van der Waals surface area contributed by atoms with Crippen LogP contribution in [0.25, 0.3) is 11.6 Å². The van der Waals surface area contributed by atoms with Crippen molar-refractivity contribution in [3.8, 4) is 11.6 Å². The Hall–Kier alpha value is -3.16. The standard InChI is InChI=1S/C18H23N7O/c1-2-19-18(21-11-8-14-6-3-4-10-20-14)22-12-9-16-23-17(25-24-16)15-7-5-13-26-15/h3-7,10,13H,2,8-9,11-12H2,1H3,(H2,19,21,22)(H,23,24,25). The first-order valence-electron chi connectivity index (χ1n) is 8.72. The SMILES string of the molecule is CCNC(=NCCc1nc(-c2ccco2)n[nH]1)NCCc1ccccn1. The molecule has 136 valence electrons. The minimum absolute atomic E-state index is 0.564. The van der Waals surface area contributed by atoms with E-state index in [0.29, 0.717) is 24.6 Å². The van der Waals surface area contributed by atoms with Crippen LogP contribution in [-0.4, -0.2) is 45.8 Å². The number of aliphatic imine (C=N–C) groups is 1. The number of aromatic amines is 1. The van der Waals surface area contributed by atoms with Gasteiger partial charge in [0, 0.05) is 44.4 Å². The Morgan fingerprint density at radius 1 is 1.19 bits per heavy atom. The molecule has 0 aliphatic rings. The fraction of sp³-hybridized carbons (Fsp3) is 0.333. The van der Waals surface area contributed by atoms with Crippen LogP contribution < -0.4 is 10.6 Å². The fourth-order valence-corrected chi connectivity index (χ4v) is 2.39. The van der Waals surface area contributed by atoms with Crippen LogP contribution >= 0.6 is 0 Å². The number of hydrogen-bond donors (Lipinski definition) is 3. The summed E-state index contributed by atoms with van der Waals surface area (Å²) >= 11 is 0. The molecule has 3 rings (SSSR count). The highest BCUT2D eigenvalue weighted by Crippen LogP contribution is 2.14. The third-order valence-corrected chi connectivity index (χ3v) is 3.64. The van der Waals surface area contributed by atoms with Crippen molar-refractivity contribution in [3.63, 3.8) is 0 Å². The molecule has 0 saturated heterocycles. The summed E-state index contributed by atoms with van der Waals surface area (Å²) in [4.78, 5) is 13.3. The van der Waals surface area contributed by atoms with Gasteiger partial charge < -0.3 is 15.1 Å². The predicted octanol–water partition coefficient (Wildman–Crippen LogP) is 1.80. The van der Waals surface area contributed by atoms with Crippen molar-refractivity contribution in [2.45, 2.75) is 19.8 Å². The fourth-order valence-electron chi connectivity index (χ4n) is 2.39. The van der Waals surface area contributed by atoms with Crippen LogP contribution in [0.5, 0.6) is 0 Å². The van der Waals surface area contributed by atoms with Gasteiger partial charge in [-0.15, -0.1) is 0 Å². The largest absolute Gasteiger partial charge is 0.461 e. The van der Waals surface area contributed by atoms with E-state index < -0.39 is 0 Å². The molecule has 0 bridgehead atoms. The topological polar surface area (TPSA) is 104 Å². The van der Waals surface area contributed by atoms with Crippen molar-refractivity contribution < 1.29 is 4.42 Å². The lowest BCUT2D eigenvalue weighted by atomic mass is 10.3. The number of H-pyrrole nitrogens is 1. The number of nitrogens with zero attached hydrogens (tertiary/aromatic N) is 4. The highest BCUT2D eigenvalue weighted by atomic mass is 16.3. The van der Waals surface area contributed by atoms with Crippen LogP contribution in [0.3, 0.4) is 0 Å². The Morgan fingerprint density at radius 2 is 2.15 bits per heavy atom. The second-order valence-electron chi connectivity index (χ2n) is 5.59. The number of pyridine rings is 1. The van der Waals surface area contributed by atoms with Crippen LogP contribution in [0.15, 0.2) is 52.2 Å². The van der Waals surface area contributed by atoms with Gasteiger partial charge in [0.2, 0.25) is 5.82 Å². The van der Waals surface area contributed by atoms with Crippen LogP contribution in [0.4, 0.5) is 0 Å². The zero-order valence-electron chi connectivity index (χ0n) is 14.8. The lowest BCUT2D eigenvalue weighted by Crippen LogP contribution is -2.38. The lowest BCUT2D eigenvalue weighted by molar-refractivity contribution is 0.577. The smallest absolute Gasteiger partial charge is 0.216 e. The molecular formula is C18H23N7O. The summed E-state index contributed by atoms with van der Waals surface area (Å²) in [7, 11) is 0. The molecule has 0 atom stereocenters. The summed E-state index contributed by atoms with van der Waals surface area (Å²) in [5.74, 6) is 2.79. The minimum atomic E-state index is 0.564. The molecule has 3 N–H and O–H groups in total. The van der Waals surface area contributed by atoms with E-state index in [1.54, 1.807) is 6.26 Å². The zero-order chi connectivity index (χ0) is 18.0. The molecule has 0 aliphatic heterocycles. The molecular weight excluding hydrogens is 330 g/mol. The first kappa shape index (κ1) is 17.7. The Balaban J connectivity index is 1.47. The van der Waals surface area contributed by atoms with E-state index in [4.69, 9.17) is 4.42 Å². The second kappa shape index (κ2) is 9.36. The molecule has 3 aromatic heterocycles. The number of nitrogens with one attached hydrogen (secondary N) is 3. The molecule has 3 aromatic rings. The van der Waals surface area contributed by atoms with E-state index in [0.717, 1.165) is 37.0 Å². The van der Waals surface area contributed by atoms with Crippen molar-refractivity contribution in [2.75, 3.05) is 19.6 Å². The van der Waals surface area contributed by atoms with E-state index in [1.165, 1.54) is 0 Å². The molecule has 0 aromatic carbocycles. The molecule has 0 saturated carbocycles. The van der Waals surface area contributed by atoms with Crippen molar-refractivity contribution in [2.24, 2.45) is 4.99 Å². The van der Waals surface area contributed by atoms with Crippen LogP contribution in [0.1, 0.15) is 18.4 Å². The second-order valence-corrected chi connectivity index (χ2v) is 5.59. The molecule has 0 unspecified atom stereocenters. The van der Waals surface area contributed by atoms with E-state index >= 15 is 0 Å². The molecule has 3 heterocycles. The van der Waals surface area contributed by atoms with Crippen molar-refractivity contribution in [1.29, 1.82) is 0 Å². The van der Waals surface area contributed by atoms with Crippen LogP contribution in [0.2, 0.25) is 0 Å². The van der Waals surface area contributed by atoms with E-state index in [-0.39, 0.29) is 0 Å². The molecule has 0 radical (unpaired) electrons. The Kier molecular flexibility index (Phi) is 6.35. The van der Waals surface area contributed by atoms with Crippen molar-refractivity contribution in [1.82, 2.24) is 30.8 Å². The van der Waals surface area contributed by atoms with Gasteiger partial charge in [0.1, 0.15) is 5.82 Å². The van der Waals surface area contributed by atoms with Gasteiger partial charge in [0.15, 0.2) is 11.7 Å². The Bertz CT molecular complexity index is 796. The van der Waals surface area contributed by atoms with Crippen LogP contribution in [0, 0.1) is 0 Å². The Labute approximate surface area is 152 Å². The number of hydrogen-bond acceptors (Lipinski definition) is 5. The number of rotatable bonds is 8. The van der Waals surface area contributed by atoms with Crippen molar-refractivity contribution in [3.05, 3.63) is 54.3 Å². The maximum atomic E-state index is 5.29. The molecule has 0 fully saturated rings. The highest BCUT2D eigenvalue weighted by molar-refractivity contribution is 5.79. The zero-order valence-corrected chi connectivity index (χ0v) is 14.8. The molecule has 8 nitrogen and oxygen atoms in total. The van der Waals surface area contributed by atoms with Gasteiger partial charge in [0.05, 0.1) is 6.26 Å². The number of furan rings is 1. The summed E-state index contributed by atoms with van der Waals surface area (Å²) in [5.41, 5.74) is 1.06. The molecule has 26 heavy (non-hydrogen) atoms. The van der Waals surface area contributed by atoms with Gasteiger partial charge in [-0.25, -0.2) is 4.98 Å². The third kappa shape index (κ3) is 5.17. The van der Waals surface area contributed by atoms with Gasteiger partial charge in [-0.3, -0.25) is 15.1 Å². The number of aromatic nitrogens is 4. The van der Waals surface area contributed by atoms with Gasteiger partial charge in [-0.2, -0.15) is 5.10 Å². The van der Waals surface area contributed by atoms with Gasteiger partial charge >= 0.3 is 0 Å². The maximum Gasteiger partial charge on any atom is 0.216 e. The monoisotopic (exact) mass is 353 g/mol. The van der Waals surface area contributed by atoms with Gasteiger partial charge in [-0.1, -0.05) is 6.07 Å². The first-order valence-corrected chi connectivity index (χ1v) is 8.72. The first-order chi connectivity index (χ1) is 12.8. The lowest BCUT2D eigenvalue weighted by Gasteiger charge is -2.10. The molecule has 0 aliphatic carbocycles. The average molecular weight is 353 g/mol. The summed E-state index contributed by atoms with van der Waals surface area (Å²) in [6.45, 7) is 4.22. The Morgan fingerprint density at radius 3 is 2.92 bits per heavy atom. The third-order valence-electron chi connectivity index (χ3n) is 3.64. The molecule has 0 spiro atoms. The predicted molar refractivity (Wildman–Crippen MR) is 99.7 cm³/mol. The quantitative estimate of drug-likeness (QED) is 0.421. The van der Waals surface area contributed by atoms with E-state index in [1.807, 2.05) is 43.5 Å². The summed E-state index contributed by atoms with van der Waals surface area (Å²) in [6.07, 6.45) is 4.93.